The van der Waals surface area contributed by atoms with Gasteiger partial charge in [0.25, 0.3) is 0 Å². The summed E-state index contributed by atoms with van der Waals surface area (Å²) in [4.78, 5) is 42.0. The number of hydrogen-bond donors (Lipinski definition) is 4. The maximum absolute atomic E-state index is 14.6. The fourth-order valence-corrected chi connectivity index (χ4v) is 15.3. The minimum absolute atomic E-state index is 0.0310. The smallest absolute Gasteiger partial charge is 0.324 e. The average Bonchev–Trinajstić information content (AvgIpc) is 3.99. The number of fused-ring (bicyclic) bond motifs is 9. The van der Waals surface area contributed by atoms with E-state index in [1.807, 2.05) is 26.8 Å². The van der Waals surface area contributed by atoms with Crippen molar-refractivity contribution >= 4 is 53.5 Å². The molecule has 66 heavy (non-hydrogen) atoms. The number of ether oxygens (including phenoxy) is 2. The van der Waals surface area contributed by atoms with Gasteiger partial charge in [0, 0.05) is 89.3 Å². The lowest BCUT2D eigenvalue weighted by molar-refractivity contribution is -0.159. The van der Waals surface area contributed by atoms with Gasteiger partial charge >= 0.3 is 5.97 Å². The predicted octanol–water partition coefficient (Wildman–Crippen LogP) is 3.79. The van der Waals surface area contributed by atoms with Gasteiger partial charge in [-0.1, -0.05) is 33.8 Å². The minimum atomic E-state index is -3.17. The van der Waals surface area contributed by atoms with Crippen LogP contribution in [0.15, 0.2) is 41.9 Å². The monoisotopic (exact) mass is 960 g/mol. The van der Waals surface area contributed by atoms with Gasteiger partial charge in [-0.3, -0.25) is 24.4 Å². The standard InChI is InChI=1S/C47H64N8O8S2Si/c1-9-54-35-15-14-29-22-31(35)32(39(54)30-12-10-16-48-37(30)28(4)62-8)23-45(5,6)26-63-41(57)33-13-11-17-55(51-33)43(58)46(24-36-49-34(29)25-64-36)42-47(46,66-42)50-40(56)38(27(2)3)52(7)44(59)53-18-20-65(60,61)21-19-53/h10,12,14-16,22,25,27-28,33,38,42-44,51,58-59H,9,11,13,17-21,23-24,26H2,1-8H3,(H,50,56)/t28-,33-,38-,42+,43?,44?,46?,47?/m0/s1. The lowest BCUT2D eigenvalue weighted by Crippen LogP contribution is -2.64. The van der Waals surface area contributed by atoms with Crippen LogP contribution >= 0.6 is 11.3 Å². The molecule has 5 unspecified atom stereocenters. The molecule has 356 valence electrons. The summed E-state index contributed by atoms with van der Waals surface area (Å²) in [7, 11) is 0.583. The number of nitrogens with zero attached hydrogens (tertiary/aromatic N) is 6. The lowest BCUT2D eigenvalue weighted by Gasteiger charge is -2.43. The molecule has 3 saturated heterocycles. The van der Waals surface area contributed by atoms with E-state index < -0.39 is 50.5 Å². The molecule has 19 heteroatoms. The molecule has 4 aromatic rings. The molecule has 4 fully saturated rings. The first-order valence-electron chi connectivity index (χ1n) is 23.2. The second-order valence-corrected chi connectivity index (χ2v) is 25.0. The molecule has 9 rings (SSSR count). The average molecular weight is 961 g/mol. The van der Waals surface area contributed by atoms with Crippen LogP contribution < -0.4 is 10.7 Å². The van der Waals surface area contributed by atoms with Crippen molar-refractivity contribution in [1.82, 2.24) is 40.1 Å². The van der Waals surface area contributed by atoms with Crippen molar-refractivity contribution in [3.05, 3.63) is 58.2 Å². The third-order valence-electron chi connectivity index (χ3n) is 14.7. The number of aromatic nitrogens is 3. The summed E-state index contributed by atoms with van der Waals surface area (Å²) in [6.45, 7) is 14.0. The molecule has 5 aliphatic rings. The Kier molecular flexibility index (Phi) is 12.7. The van der Waals surface area contributed by atoms with Crippen LogP contribution in [0.25, 0.3) is 33.4 Å². The summed E-state index contributed by atoms with van der Waals surface area (Å²) in [5.41, 5.74) is 8.95. The summed E-state index contributed by atoms with van der Waals surface area (Å²) in [6.07, 6.45) is 1.54. The van der Waals surface area contributed by atoms with Crippen molar-refractivity contribution in [2.24, 2.45) is 16.7 Å². The first-order chi connectivity index (χ1) is 31.3. The van der Waals surface area contributed by atoms with E-state index in [0.29, 0.717) is 48.3 Å². The first kappa shape index (κ1) is 47.4. The molecule has 1 amide bonds. The van der Waals surface area contributed by atoms with Crippen LogP contribution in [-0.2, 0) is 48.3 Å². The highest BCUT2D eigenvalue weighted by molar-refractivity contribution is 7.91. The van der Waals surface area contributed by atoms with Gasteiger partial charge in [0.1, 0.15) is 12.3 Å². The third kappa shape index (κ3) is 8.27. The number of carbonyl (C=O) groups is 2. The van der Waals surface area contributed by atoms with Gasteiger partial charge in [-0.25, -0.2) is 23.8 Å². The number of sulfone groups is 1. The molecule has 4 aliphatic heterocycles. The number of carbonyl (C=O) groups excluding carboxylic acids is 2. The van der Waals surface area contributed by atoms with Gasteiger partial charge < -0.3 is 29.6 Å². The maximum Gasteiger partial charge on any atom is 0.324 e. The number of methoxy groups -OCH3 is 1. The number of aliphatic hydroxyl groups is 2. The molecule has 1 spiro atoms. The Labute approximate surface area is 394 Å². The number of benzene rings is 1. The fourth-order valence-electron chi connectivity index (χ4n) is 11.0. The summed E-state index contributed by atoms with van der Waals surface area (Å²) >= 11 is 1.54. The zero-order chi connectivity index (χ0) is 47.1. The maximum atomic E-state index is 14.6. The number of amides is 1. The Bertz CT molecular complexity index is 2610. The molecule has 16 nitrogen and oxygen atoms in total. The Morgan fingerprint density at radius 2 is 1.92 bits per heavy atom. The molecule has 2 radical (unpaired) electrons. The van der Waals surface area contributed by atoms with Crippen LogP contribution in [0.4, 0.5) is 0 Å². The lowest BCUT2D eigenvalue weighted by atomic mass is 9.84. The van der Waals surface area contributed by atoms with E-state index in [9.17, 15) is 28.2 Å². The highest BCUT2D eigenvalue weighted by Gasteiger charge is 2.92. The van der Waals surface area contributed by atoms with Crippen LogP contribution in [0, 0.1) is 16.7 Å². The summed E-state index contributed by atoms with van der Waals surface area (Å²) in [5, 5.41) is 32.5. The van der Waals surface area contributed by atoms with Crippen LogP contribution in [0.1, 0.15) is 76.8 Å². The molecular formula is C47H64N8O8S2Si. The van der Waals surface area contributed by atoms with Crippen LogP contribution in [0.5, 0.6) is 0 Å². The molecule has 7 heterocycles. The largest absolute Gasteiger partial charge is 0.464 e. The molecule has 1 saturated carbocycles. The number of pyridine rings is 1. The second-order valence-electron chi connectivity index (χ2n) is 20.1. The van der Waals surface area contributed by atoms with Crippen molar-refractivity contribution in [2.45, 2.75) is 115 Å². The molecule has 9 atom stereocenters. The quantitative estimate of drug-likeness (QED) is 0.102. The molecular weight excluding hydrogens is 897 g/mol. The van der Waals surface area contributed by atoms with E-state index in [1.165, 1.54) is 0 Å². The van der Waals surface area contributed by atoms with E-state index in [2.05, 4.69) is 65.7 Å². The number of aliphatic hydroxyl groups excluding tert-OH is 2. The summed E-state index contributed by atoms with van der Waals surface area (Å²) < 4.78 is 38.7. The van der Waals surface area contributed by atoms with Gasteiger partial charge in [-0.05, 0) is 81.4 Å². The Morgan fingerprint density at radius 3 is 2.62 bits per heavy atom. The third-order valence-corrected chi connectivity index (χ3v) is 19.5. The topological polar surface area (TPSA) is 192 Å². The van der Waals surface area contributed by atoms with Crippen LogP contribution in [-0.4, -0.2) is 151 Å². The van der Waals surface area contributed by atoms with Gasteiger partial charge in [0.2, 0.25) is 5.91 Å². The minimum Gasteiger partial charge on any atom is -0.464 e. The van der Waals surface area contributed by atoms with Gasteiger partial charge in [-0.2, -0.15) is 0 Å². The Balaban J connectivity index is 1.09. The van der Waals surface area contributed by atoms with Crippen molar-refractivity contribution in [3.8, 4) is 22.5 Å². The van der Waals surface area contributed by atoms with Gasteiger partial charge in [-0.15, -0.1) is 11.3 Å². The Hall–Kier alpha value is -3.63. The summed E-state index contributed by atoms with van der Waals surface area (Å²) in [5.74, 6) is -0.937. The van der Waals surface area contributed by atoms with Crippen molar-refractivity contribution < 1.29 is 37.7 Å². The molecule has 1 aromatic carbocycles. The molecule has 4 N–H and O–H groups in total. The van der Waals surface area contributed by atoms with E-state index in [4.69, 9.17) is 19.4 Å². The van der Waals surface area contributed by atoms with E-state index in [1.54, 1.807) is 46.5 Å². The van der Waals surface area contributed by atoms with Crippen molar-refractivity contribution in [2.75, 3.05) is 51.9 Å². The van der Waals surface area contributed by atoms with E-state index >= 15 is 0 Å². The van der Waals surface area contributed by atoms with Crippen LogP contribution in [0.3, 0.4) is 0 Å². The SMILES string of the molecule is CCn1c(-c2cccnc2[C@H](C)OC)c2c3cc(ccc31)-c1csc(n1)CC1(C(O)N3CCC[C@H](N3)C(=O)OCC(C)(C)C2)[C@H]2[Si]C21NC(=O)[C@H](C(C)C)N(C)C(O)N1CCS(=O)(=O)CC1. The number of esters is 1. The molecule has 1 aliphatic carbocycles. The normalized spacial score (nSPS) is 29.8. The number of nitrogens with one attached hydrogen (secondary N) is 2. The second kappa shape index (κ2) is 17.7. The zero-order valence-electron chi connectivity index (χ0n) is 39.2. The zero-order valence-corrected chi connectivity index (χ0v) is 41.8. The number of hydrogen-bond acceptors (Lipinski definition) is 15. The number of likely N-dealkylation sites (N-methyl/N-ethyl adjacent to an activating group) is 1. The van der Waals surface area contributed by atoms with E-state index in [0.717, 1.165) is 49.7 Å². The number of aryl methyl sites for hydroxylation is 1. The van der Waals surface area contributed by atoms with Gasteiger partial charge in [0.15, 0.2) is 16.2 Å². The van der Waals surface area contributed by atoms with Crippen molar-refractivity contribution in [1.29, 1.82) is 0 Å². The van der Waals surface area contributed by atoms with Crippen LogP contribution in [0.2, 0.25) is 5.54 Å². The highest BCUT2D eigenvalue weighted by Crippen LogP contribution is 2.82. The molecule has 3 aromatic heterocycles. The fraction of sp³-hybridized carbons (Fsp3) is 0.617. The highest BCUT2D eigenvalue weighted by atomic mass is 32.2. The Morgan fingerprint density at radius 1 is 1.17 bits per heavy atom. The van der Waals surface area contributed by atoms with Gasteiger partial charge in [0.05, 0.1) is 61.9 Å². The first-order valence-corrected chi connectivity index (χ1v) is 27.0. The number of rotatable bonds is 10. The molecule has 6 bridgehead atoms. The summed E-state index contributed by atoms with van der Waals surface area (Å²) in [6, 6.07) is 9.17. The number of thiazole rings is 1. The number of hydrazine groups is 1. The number of cyclic esters (lactones) is 1. The van der Waals surface area contributed by atoms with E-state index in [-0.39, 0.29) is 60.6 Å². The predicted molar refractivity (Wildman–Crippen MR) is 254 cm³/mol. The van der Waals surface area contributed by atoms with Crippen molar-refractivity contribution in [3.63, 3.8) is 0 Å².